The van der Waals surface area contributed by atoms with Crippen molar-refractivity contribution in [3.63, 3.8) is 0 Å². The molecule has 0 heterocycles. The van der Waals surface area contributed by atoms with Gasteiger partial charge in [0.1, 0.15) is 5.75 Å². The Morgan fingerprint density at radius 2 is 1.46 bits per heavy atom. The van der Waals surface area contributed by atoms with Gasteiger partial charge >= 0.3 is 0 Å². The molecule has 132 valence electrons. The van der Waals surface area contributed by atoms with Gasteiger partial charge in [-0.05, 0) is 29.3 Å². The van der Waals surface area contributed by atoms with Crippen LogP contribution in [0.1, 0.15) is 27.4 Å². The minimum absolute atomic E-state index is 0.0586. The second-order valence-electron chi connectivity index (χ2n) is 5.50. The van der Waals surface area contributed by atoms with E-state index in [1.807, 2.05) is 36.4 Å². The minimum Gasteiger partial charge on any atom is -0.506 e. The van der Waals surface area contributed by atoms with Gasteiger partial charge in [0.2, 0.25) is 5.91 Å². The Hall–Kier alpha value is -3.11. The van der Waals surface area contributed by atoms with Gasteiger partial charge in [-0.15, -0.1) is 0 Å². The Morgan fingerprint density at radius 1 is 0.962 bits per heavy atom. The first kappa shape index (κ1) is 19.2. The Kier molecular flexibility index (Phi) is 6.94. The molecule has 3 aromatic carbocycles. The maximum absolute atomic E-state index is 10.5. The Balaban J connectivity index is 0.000000197. The van der Waals surface area contributed by atoms with Gasteiger partial charge in [0.15, 0.2) is 0 Å². The molecular formula is C21H19ClN2O2. The van der Waals surface area contributed by atoms with Gasteiger partial charge in [-0.2, -0.15) is 0 Å². The lowest BCUT2D eigenvalue weighted by Crippen LogP contribution is -2.10. The highest BCUT2D eigenvalue weighted by molar-refractivity contribution is 6.32. The number of amides is 1. The van der Waals surface area contributed by atoms with Crippen molar-refractivity contribution < 1.29 is 9.90 Å². The monoisotopic (exact) mass is 366 g/mol. The smallest absolute Gasteiger partial charge is 0.248 e. The largest absolute Gasteiger partial charge is 0.506 e. The fraction of sp³-hybridized carbons (Fsp3) is 0.0476. The molecule has 0 aliphatic rings. The van der Waals surface area contributed by atoms with Gasteiger partial charge in [-0.25, -0.2) is 0 Å². The van der Waals surface area contributed by atoms with E-state index < -0.39 is 5.91 Å². The molecule has 0 saturated carbocycles. The second kappa shape index (κ2) is 9.39. The molecule has 3 aromatic rings. The molecule has 0 aromatic heterocycles. The summed E-state index contributed by atoms with van der Waals surface area (Å²) in [6.45, 7) is 0. The predicted molar refractivity (Wildman–Crippen MR) is 105 cm³/mol. The highest BCUT2D eigenvalue weighted by Crippen LogP contribution is 2.23. The minimum atomic E-state index is -0.563. The van der Waals surface area contributed by atoms with Crippen LogP contribution >= 0.6 is 11.6 Å². The third-order valence-corrected chi connectivity index (χ3v) is 4.02. The van der Waals surface area contributed by atoms with Crippen molar-refractivity contribution in [2.24, 2.45) is 5.73 Å². The molecule has 26 heavy (non-hydrogen) atoms. The van der Waals surface area contributed by atoms with Gasteiger partial charge in [-0.3, -0.25) is 4.79 Å². The number of hydrogen-bond acceptors (Lipinski definition) is 3. The molecular weight excluding hydrogens is 348 g/mol. The second-order valence-corrected chi connectivity index (χ2v) is 5.90. The number of nitrogens with one attached hydrogen (secondary N) is 1. The number of carbonyl (C=O) groups is 1. The number of phenolic OH excluding ortho intramolecular Hbond substituents is 1. The molecule has 1 amide bonds. The number of phenols is 1. The van der Waals surface area contributed by atoms with E-state index in [0.717, 1.165) is 0 Å². The van der Waals surface area contributed by atoms with Crippen molar-refractivity contribution in [1.82, 2.24) is 0 Å². The van der Waals surface area contributed by atoms with E-state index in [2.05, 4.69) is 24.3 Å². The van der Waals surface area contributed by atoms with Gasteiger partial charge in [0.25, 0.3) is 0 Å². The number of primary amides is 1. The van der Waals surface area contributed by atoms with E-state index in [9.17, 15) is 4.79 Å². The van der Waals surface area contributed by atoms with Crippen LogP contribution in [0.3, 0.4) is 0 Å². The first-order chi connectivity index (χ1) is 12.5. The molecule has 4 N–H and O–H groups in total. The van der Waals surface area contributed by atoms with Crippen LogP contribution in [-0.4, -0.2) is 17.2 Å². The molecule has 0 aliphatic carbocycles. The van der Waals surface area contributed by atoms with Gasteiger partial charge in [0, 0.05) is 17.7 Å². The van der Waals surface area contributed by atoms with Crippen LogP contribution in [0.15, 0.2) is 78.9 Å². The average molecular weight is 367 g/mol. The molecule has 0 bridgehead atoms. The summed E-state index contributed by atoms with van der Waals surface area (Å²) in [5.74, 6) is -0.545. The zero-order valence-corrected chi connectivity index (χ0v) is 14.7. The van der Waals surface area contributed by atoms with Crippen LogP contribution in [0.4, 0.5) is 0 Å². The number of carbonyl (C=O) groups excluding carboxylic acids is 1. The van der Waals surface area contributed by atoms with Crippen molar-refractivity contribution >= 4 is 23.7 Å². The lowest BCUT2D eigenvalue weighted by Gasteiger charge is -2.11. The lowest BCUT2D eigenvalue weighted by atomic mass is 9.93. The molecule has 5 heteroatoms. The zero-order valence-electron chi connectivity index (χ0n) is 14.0. The van der Waals surface area contributed by atoms with Crippen LogP contribution in [0.5, 0.6) is 5.75 Å². The number of halogens is 1. The summed E-state index contributed by atoms with van der Waals surface area (Å²) in [7, 11) is 0. The SMILES string of the molecule is N=CC(c1ccccc1)c1ccccc1.NC(=O)c1ccc(O)c(Cl)c1. The topological polar surface area (TPSA) is 87.2 Å². The third kappa shape index (κ3) is 5.19. The number of nitrogens with two attached hydrogens (primary N) is 1. The number of benzene rings is 3. The van der Waals surface area contributed by atoms with E-state index in [0.29, 0.717) is 0 Å². The van der Waals surface area contributed by atoms with Crippen LogP contribution in [0, 0.1) is 5.41 Å². The Labute approximate surface area is 157 Å². The van der Waals surface area contributed by atoms with Gasteiger partial charge < -0.3 is 16.2 Å². The first-order valence-corrected chi connectivity index (χ1v) is 8.29. The van der Waals surface area contributed by atoms with Crippen molar-refractivity contribution in [3.8, 4) is 5.75 Å². The summed E-state index contributed by atoms with van der Waals surface area (Å²) < 4.78 is 0. The lowest BCUT2D eigenvalue weighted by molar-refractivity contribution is 0.100. The quantitative estimate of drug-likeness (QED) is 0.588. The highest BCUT2D eigenvalue weighted by atomic mass is 35.5. The molecule has 0 spiro atoms. The summed E-state index contributed by atoms with van der Waals surface area (Å²) in [4.78, 5) is 10.5. The van der Waals surface area contributed by atoms with Crippen molar-refractivity contribution in [3.05, 3.63) is 101 Å². The molecule has 4 nitrogen and oxygen atoms in total. The van der Waals surface area contributed by atoms with E-state index in [4.69, 9.17) is 27.9 Å². The first-order valence-electron chi connectivity index (χ1n) is 7.91. The molecule has 0 fully saturated rings. The van der Waals surface area contributed by atoms with Gasteiger partial charge in [0.05, 0.1) is 5.02 Å². The van der Waals surface area contributed by atoms with Crippen LogP contribution in [-0.2, 0) is 0 Å². The summed E-state index contributed by atoms with van der Waals surface area (Å²) >= 11 is 5.50. The zero-order chi connectivity index (χ0) is 18.9. The Morgan fingerprint density at radius 3 is 1.85 bits per heavy atom. The summed E-state index contributed by atoms with van der Waals surface area (Å²) in [6, 6.07) is 24.3. The summed E-state index contributed by atoms with van der Waals surface area (Å²) in [5, 5.41) is 16.6. The third-order valence-electron chi connectivity index (χ3n) is 3.72. The van der Waals surface area contributed by atoms with Crippen molar-refractivity contribution in [2.45, 2.75) is 5.92 Å². The molecule has 0 atom stereocenters. The Bertz CT molecular complexity index is 828. The van der Waals surface area contributed by atoms with E-state index in [1.165, 1.54) is 35.5 Å². The number of aromatic hydroxyl groups is 1. The molecule has 3 rings (SSSR count). The maximum Gasteiger partial charge on any atom is 0.248 e. The molecule has 0 unspecified atom stereocenters. The fourth-order valence-electron chi connectivity index (χ4n) is 2.37. The normalized spacial score (nSPS) is 9.92. The average Bonchev–Trinajstić information content (AvgIpc) is 2.67. The highest BCUT2D eigenvalue weighted by Gasteiger charge is 2.09. The van der Waals surface area contributed by atoms with Crippen LogP contribution < -0.4 is 5.73 Å². The molecule has 0 saturated heterocycles. The fourth-order valence-corrected chi connectivity index (χ4v) is 2.55. The van der Waals surface area contributed by atoms with Crippen molar-refractivity contribution in [2.75, 3.05) is 0 Å². The van der Waals surface area contributed by atoms with Gasteiger partial charge in [-0.1, -0.05) is 72.3 Å². The maximum atomic E-state index is 10.5. The predicted octanol–water partition coefficient (Wildman–Crippen LogP) is 4.61. The number of rotatable bonds is 4. The standard InChI is InChI=1S/C14H13N.C7H6ClNO2/c15-11-14(12-7-3-1-4-8-12)13-9-5-2-6-10-13;8-5-3-4(7(9)11)1-2-6(5)10/h1-11,14-15H;1-3,10H,(H2,9,11). The van der Waals surface area contributed by atoms with E-state index in [-0.39, 0.29) is 22.3 Å². The molecule has 0 radical (unpaired) electrons. The molecule has 0 aliphatic heterocycles. The van der Waals surface area contributed by atoms with Crippen LogP contribution in [0.2, 0.25) is 5.02 Å². The van der Waals surface area contributed by atoms with Crippen molar-refractivity contribution in [1.29, 1.82) is 5.41 Å². The summed E-state index contributed by atoms with van der Waals surface area (Å²) in [5.41, 5.74) is 7.57. The summed E-state index contributed by atoms with van der Waals surface area (Å²) in [6.07, 6.45) is 1.49. The number of hydrogen-bond donors (Lipinski definition) is 3. The van der Waals surface area contributed by atoms with E-state index in [1.54, 1.807) is 0 Å². The van der Waals surface area contributed by atoms with Crippen LogP contribution in [0.25, 0.3) is 0 Å². The van der Waals surface area contributed by atoms with E-state index >= 15 is 0 Å².